The summed E-state index contributed by atoms with van der Waals surface area (Å²) in [6.45, 7) is 1.16. The van der Waals surface area contributed by atoms with E-state index in [2.05, 4.69) is 0 Å². The van der Waals surface area contributed by atoms with Crippen LogP contribution in [0.1, 0.15) is 6.92 Å². The highest BCUT2D eigenvalue weighted by molar-refractivity contribution is 5.21. The van der Waals surface area contributed by atoms with Crippen LogP contribution >= 0.6 is 0 Å². The minimum absolute atomic E-state index is 0.325. The summed E-state index contributed by atoms with van der Waals surface area (Å²) >= 11 is 0. The molecule has 0 aliphatic heterocycles. The third-order valence-corrected chi connectivity index (χ3v) is 2.86. The summed E-state index contributed by atoms with van der Waals surface area (Å²) in [5.74, 6) is -0.306. The Bertz CT molecular complexity index is 357. The van der Waals surface area contributed by atoms with Gasteiger partial charge in [0.25, 0.3) is 0 Å². The number of aliphatic hydroxyl groups is 5. The van der Waals surface area contributed by atoms with Crippen molar-refractivity contribution in [1.29, 1.82) is 0 Å². The van der Waals surface area contributed by atoms with Gasteiger partial charge >= 0.3 is 0 Å². The molecule has 1 rings (SSSR count). The number of aliphatic hydroxyl groups excluding tert-OH is 5. The van der Waals surface area contributed by atoms with Crippen LogP contribution in [0.4, 0.5) is 0 Å². The van der Waals surface area contributed by atoms with Gasteiger partial charge in [0, 0.05) is 12.5 Å². The Balaban J connectivity index is 2.58. The SMILES string of the molecule is CC(CO)C(O)C(O)C(O)C(O)Oc1ccccc1. The summed E-state index contributed by atoms with van der Waals surface area (Å²) in [4.78, 5) is 0. The Labute approximate surface area is 111 Å². The van der Waals surface area contributed by atoms with Gasteiger partial charge in [0.05, 0.1) is 6.10 Å². The van der Waals surface area contributed by atoms with Gasteiger partial charge in [0.2, 0.25) is 6.29 Å². The molecule has 5 atom stereocenters. The van der Waals surface area contributed by atoms with Gasteiger partial charge in [-0.2, -0.15) is 0 Å². The average molecular weight is 272 g/mol. The summed E-state index contributed by atoms with van der Waals surface area (Å²) in [7, 11) is 0. The van der Waals surface area contributed by atoms with Gasteiger partial charge in [-0.15, -0.1) is 0 Å². The van der Waals surface area contributed by atoms with Crippen molar-refractivity contribution in [2.24, 2.45) is 5.92 Å². The largest absolute Gasteiger partial charge is 0.462 e. The number of ether oxygens (including phenoxy) is 1. The fourth-order valence-electron chi connectivity index (χ4n) is 1.52. The van der Waals surface area contributed by atoms with Crippen LogP contribution < -0.4 is 4.74 Å². The molecule has 0 saturated heterocycles. The maximum Gasteiger partial charge on any atom is 0.226 e. The highest BCUT2D eigenvalue weighted by Gasteiger charge is 2.34. The van der Waals surface area contributed by atoms with Gasteiger partial charge in [0.15, 0.2) is 0 Å². The molecule has 0 heterocycles. The van der Waals surface area contributed by atoms with Crippen molar-refractivity contribution in [3.63, 3.8) is 0 Å². The van der Waals surface area contributed by atoms with Crippen molar-refractivity contribution in [2.45, 2.75) is 31.5 Å². The maximum atomic E-state index is 9.70. The van der Waals surface area contributed by atoms with E-state index in [1.165, 1.54) is 6.92 Å². The molecular formula is C13H20O6. The van der Waals surface area contributed by atoms with E-state index in [-0.39, 0.29) is 6.61 Å². The highest BCUT2D eigenvalue weighted by atomic mass is 16.6. The van der Waals surface area contributed by atoms with Crippen molar-refractivity contribution in [2.75, 3.05) is 6.61 Å². The summed E-state index contributed by atoms with van der Waals surface area (Å²) in [6.07, 6.45) is -6.36. The summed E-state index contributed by atoms with van der Waals surface area (Å²) < 4.78 is 5.03. The van der Waals surface area contributed by atoms with Gasteiger partial charge in [0.1, 0.15) is 18.0 Å². The van der Waals surface area contributed by atoms with Crippen LogP contribution in [0, 0.1) is 5.92 Å². The molecule has 0 amide bonds. The van der Waals surface area contributed by atoms with Crippen molar-refractivity contribution in [1.82, 2.24) is 0 Å². The molecule has 0 aliphatic rings. The molecule has 0 aromatic heterocycles. The predicted octanol–water partition coefficient (Wildman–Crippen LogP) is -0.905. The first-order chi connectivity index (χ1) is 8.97. The zero-order chi connectivity index (χ0) is 14.4. The molecule has 5 unspecified atom stereocenters. The van der Waals surface area contributed by atoms with E-state index in [4.69, 9.17) is 9.84 Å². The molecule has 108 valence electrons. The first kappa shape index (κ1) is 15.9. The van der Waals surface area contributed by atoms with E-state index in [0.717, 1.165) is 0 Å². The monoisotopic (exact) mass is 272 g/mol. The van der Waals surface area contributed by atoms with E-state index in [1.807, 2.05) is 0 Å². The molecule has 1 aromatic carbocycles. The van der Waals surface area contributed by atoms with Crippen LogP contribution in [-0.4, -0.2) is 56.7 Å². The Morgan fingerprint density at radius 2 is 1.53 bits per heavy atom. The first-order valence-corrected chi connectivity index (χ1v) is 6.02. The van der Waals surface area contributed by atoms with Gasteiger partial charge in [-0.05, 0) is 12.1 Å². The molecule has 0 saturated carbocycles. The van der Waals surface area contributed by atoms with Crippen LogP contribution in [0.25, 0.3) is 0 Å². The summed E-state index contributed by atoms with van der Waals surface area (Å²) in [5.41, 5.74) is 0. The second kappa shape index (κ2) is 7.42. The standard InChI is InChI=1S/C13H20O6/c1-8(7-14)10(15)11(16)12(17)13(18)19-9-5-3-2-4-6-9/h2-6,8,10-18H,7H2,1H3. The molecular weight excluding hydrogens is 252 g/mol. The van der Waals surface area contributed by atoms with Crippen molar-refractivity contribution in [3.8, 4) is 5.75 Å². The average Bonchev–Trinajstić information content (AvgIpc) is 2.44. The third-order valence-electron chi connectivity index (χ3n) is 2.86. The van der Waals surface area contributed by atoms with E-state index < -0.39 is 30.5 Å². The van der Waals surface area contributed by atoms with Gasteiger partial charge in [-0.3, -0.25) is 0 Å². The van der Waals surface area contributed by atoms with E-state index in [9.17, 15) is 20.4 Å². The minimum atomic E-state index is -1.69. The second-order valence-corrected chi connectivity index (χ2v) is 4.45. The molecule has 0 bridgehead atoms. The molecule has 0 radical (unpaired) electrons. The van der Waals surface area contributed by atoms with Crippen LogP contribution in [-0.2, 0) is 0 Å². The number of hydrogen-bond acceptors (Lipinski definition) is 6. The lowest BCUT2D eigenvalue weighted by Crippen LogP contribution is -2.49. The second-order valence-electron chi connectivity index (χ2n) is 4.45. The fraction of sp³-hybridized carbons (Fsp3) is 0.538. The Hall–Kier alpha value is -1.18. The minimum Gasteiger partial charge on any atom is -0.462 e. The van der Waals surface area contributed by atoms with Crippen molar-refractivity contribution < 1.29 is 30.3 Å². The predicted molar refractivity (Wildman–Crippen MR) is 67.3 cm³/mol. The molecule has 0 aliphatic carbocycles. The van der Waals surface area contributed by atoms with E-state index >= 15 is 0 Å². The lowest BCUT2D eigenvalue weighted by molar-refractivity contribution is -0.172. The molecule has 1 aromatic rings. The van der Waals surface area contributed by atoms with E-state index in [0.29, 0.717) is 5.75 Å². The first-order valence-electron chi connectivity index (χ1n) is 6.02. The zero-order valence-corrected chi connectivity index (χ0v) is 10.6. The third kappa shape index (κ3) is 4.45. The molecule has 6 nitrogen and oxygen atoms in total. The van der Waals surface area contributed by atoms with E-state index in [1.54, 1.807) is 30.3 Å². The topological polar surface area (TPSA) is 110 Å². The summed E-state index contributed by atoms with van der Waals surface area (Å²) in [5, 5.41) is 47.5. The molecule has 0 fully saturated rings. The zero-order valence-electron chi connectivity index (χ0n) is 10.6. The maximum absolute atomic E-state index is 9.70. The van der Waals surface area contributed by atoms with Crippen molar-refractivity contribution in [3.05, 3.63) is 30.3 Å². The Morgan fingerprint density at radius 1 is 0.947 bits per heavy atom. The number of para-hydroxylation sites is 1. The normalized spacial score (nSPS) is 19.3. The number of rotatable bonds is 7. The van der Waals surface area contributed by atoms with Crippen LogP contribution in [0.15, 0.2) is 30.3 Å². The molecule has 5 N–H and O–H groups in total. The lowest BCUT2D eigenvalue weighted by Gasteiger charge is -2.29. The van der Waals surface area contributed by atoms with Crippen molar-refractivity contribution >= 4 is 0 Å². The Kier molecular flexibility index (Phi) is 6.20. The molecule has 19 heavy (non-hydrogen) atoms. The Morgan fingerprint density at radius 3 is 2.05 bits per heavy atom. The quantitative estimate of drug-likeness (QED) is 0.411. The lowest BCUT2D eigenvalue weighted by atomic mass is 9.97. The molecule has 6 heteroatoms. The van der Waals surface area contributed by atoms with Crippen LogP contribution in [0.5, 0.6) is 5.75 Å². The van der Waals surface area contributed by atoms with Crippen LogP contribution in [0.2, 0.25) is 0 Å². The van der Waals surface area contributed by atoms with Crippen LogP contribution in [0.3, 0.4) is 0 Å². The number of hydrogen-bond donors (Lipinski definition) is 5. The fourth-order valence-corrected chi connectivity index (χ4v) is 1.52. The number of benzene rings is 1. The van der Waals surface area contributed by atoms with Gasteiger partial charge in [-0.25, -0.2) is 0 Å². The van der Waals surface area contributed by atoms with Gasteiger partial charge in [-0.1, -0.05) is 25.1 Å². The smallest absolute Gasteiger partial charge is 0.226 e. The van der Waals surface area contributed by atoms with Gasteiger partial charge < -0.3 is 30.3 Å². The summed E-state index contributed by atoms with van der Waals surface area (Å²) in [6, 6.07) is 8.29. The highest BCUT2D eigenvalue weighted by Crippen LogP contribution is 2.16. The molecule has 0 spiro atoms.